The molecule has 1 atom stereocenters. The third-order valence-corrected chi connectivity index (χ3v) is 6.35. The molecular weight excluding hydrogens is 376 g/mol. The van der Waals surface area contributed by atoms with Crippen molar-refractivity contribution in [1.29, 1.82) is 0 Å². The molecule has 7 nitrogen and oxygen atoms in total. The second-order valence-electron chi connectivity index (χ2n) is 9.99. The third kappa shape index (κ3) is 3.78. The van der Waals surface area contributed by atoms with E-state index >= 15 is 0 Å². The van der Waals surface area contributed by atoms with Crippen molar-refractivity contribution in [1.82, 2.24) is 25.2 Å². The number of hydrogen-bond acceptors (Lipinski definition) is 4. The number of rotatable bonds is 3. The molecule has 1 aromatic carbocycles. The number of benzene rings is 1. The predicted octanol–water partition coefficient (Wildman–Crippen LogP) is 2.29. The monoisotopic (exact) mass is 409 g/mol. The Morgan fingerprint density at radius 1 is 1.17 bits per heavy atom. The largest absolute Gasteiger partial charge is 0.322 e. The van der Waals surface area contributed by atoms with Crippen molar-refractivity contribution in [2.24, 2.45) is 5.92 Å². The van der Waals surface area contributed by atoms with Gasteiger partial charge in [0.25, 0.3) is 5.56 Å². The molecule has 30 heavy (non-hydrogen) atoms. The molecule has 3 heterocycles. The van der Waals surface area contributed by atoms with E-state index in [2.05, 4.69) is 73.3 Å². The van der Waals surface area contributed by atoms with Gasteiger partial charge in [0.2, 0.25) is 5.82 Å². The summed E-state index contributed by atoms with van der Waals surface area (Å²) in [6, 6.07) is 6.11. The lowest BCUT2D eigenvalue weighted by Gasteiger charge is -2.34. The fourth-order valence-electron chi connectivity index (χ4n) is 4.73. The number of aromatic amines is 1. The van der Waals surface area contributed by atoms with Crippen LogP contribution in [0.2, 0.25) is 0 Å². The van der Waals surface area contributed by atoms with Crippen molar-refractivity contribution in [2.45, 2.75) is 66.0 Å². The zero-order valence-corrected chi connectivity index (χ0v) is 18.9. The Bertz CT molecular complexity index is 1110. The maximum atomic E-state index is 13.3. The smallest absolute Gasteiger partial charge is 0.258 e. The van der Waals surface area contributed by atoms with Crippen LogP contribution < -0.4 is 10.5 Å². The molecule has 160 valence electrons. The van der Waals surface area contributed by atoms with E-state index in [0.29, 0.717) is 5.92 Å². The number of quaternary nitrogens is 1. The van der Waals surface area contributed by atoms with Crippen molar-refractivity contribution in [2.75, 3.05) is 13.1 Å². The molecule has 0 amide bonds. The molecule has 0 radical (unpaired) electrons. The summed E-state index contributed by atoms with van der Waals surface area (Å²) in [7, 11) is 0. The van der Waals surface area contributed by atoms with E-state index in [0.717, 1.165) is 53.8 Å². The number of piperidine rings is 1. The Morgan fingerprint density at radius 2 is 1.87 bits per heavy atom. The first kappa shape index (κ1) is 20.7. The molecule has 0 bridgehead atoms. The first-order valence-electron chi connectivity index (χ1n) is 10.9. The number of likely N-dealkylation sites (tertiary alicyclic amines) is 1. The van der Waals surface area contributed by atoms with Gasteiger partial charge in [-0.15, -0.1) is 5.10 Å². The van der Waals surface area contributed by atoms with Crippen molar-refractivity contribution in [3.05, 3.63) is 51.1 Å². The van der Waals surface area contributed by atoms with Crippen LogP contribution in [0.5, 0.6) is 0 Å². The molecule has 7 heteroatoms. The Kier molecular flexibility index (Phi) is 5.26. The van der Waals surface area contributed by atoms with Crippen molar-refractivity contribution in [3.8, 4) is 0 Å². The lowest BCUT2D eigenvalue weighted by atomic mass is 9.94. The quantitative estimate of drug-likeness (QED) is 0.696. The minimum Gasteiger partial charge on any atom is -0.322 e. The van der Waals surface area contributed by atoms with Gasteiger partial charge in [0.1, 0.15) is 0 Å². The van der Waals surface area contributed by atoms with Crippen molar-refractivity contribution < 1.29 is 4.90 Å². The van der Waals surface area contributed by atoms with Crippen LogP contribution in [0, 0.1) is 19.8 Å². The molecule has 3 aromatic rings. The van der Waals surface area contributed by atoms with Crippen LogP contribution in [0.1, 0.15) is 69.1 Å². The van der Waals surface area contributed by atoms with E-state index in [9.17, 15) is 4.79 Å². The fraction of sp³-hybridized carbons (Fsp3) is 0.565. The van der Waals surface area contributed by atoms with Crippen molar-refractivity contribution >= 4 is 10.9 Å². The normalized spacial score (nSPS) is 21.1. The van der Waals surface area contributed by atoms with E-state index in [1.165, 1.54) is 10.5 Å². The summed E-state index contributed by atoms with van der Waals surface area (Å²) in [5.74, 6) is 1.48. The fourth-order valence-corrected chi connectivity index (χ4v) is 4.73. The topological polar surface area (TPSA) is 80.9 Å². The zero-order chi connectivity index (χ0) is 21.6. The Labute approximate surface area is 177 Å². The minimum absolute atomic E-state index is 0.0472. The van der Waals surface area contributed by atoms with Gasteiger partial charge < -0.3 is 9.88 Å². The Balaban J connectivity index is 1.92. The van der Waals surface area contributed by atoms with Crippen LogP contribution in [0.25, 0.3) is 10.9 Å². The number of hydrogen-bond donors (Lipinski definition) is 2. The number of aryl methyl sites for hydroxylation is 2. The highest BCUT2D eigenvalue weighted by molar-refractivity contribution is 5.83. The molecule has 0 unspecified atom stereocenters. The second-order valence-corrected chi connectivity index (χ2v) is 9.99. The number of tetrazole rings is 1. The molecule has 1 fully saturated rings. The summed E-state index contributed by atoms with van der Waals surface area (Å²) in [6.45, 7) is 14.7. The summed E-state index contributed by atoms with van der Waals surface area (Å²) < 4.78 is 1.88. The lowest BCUT2D eigenvalue weighted by molar-refractivity contribution is -0.932. The van der Waals surface area contributed by atoms with E-state index in [1.807, 2.05) is 11.6 Å². The van der Waals surface area contributed by atoms with E-state index in [4.69, 9.17) is 0 Å². The zero-order valence-electron chi connectivity index (χ0n) is 18.9. The maximum Gasteiger partial charge on any atom is 0.258 e. The first-order valence-corrected chi connectivity index (χ1v) is 10.9. The minimum atomic E-state index is -0.267. The summed E-state index contributed by atoms with van der Waals surface area (Å²) in [5.41, 5.74) is 3.62. The molecule has 0 spiro atoms. The first-order chi connectivity index (χ1) is 14.1. The van der Waals surface area contributed by atoms with Gasteiger partial charge in [0, 0.05) is 0 Å². The Morgan fingerprint density at radius 3 is 2.53 bits per heavy atom. The molecule has 0 aliphatic carbocycles. The molecular formula is C23H33N6O+. The SMILES string of the molecule is Cc1cc(C)c2[nH]c(=O)c([C@@H](c3nnnn3C(C)(C)C)[NH+]3CCC(C)CC3)cc2c1. The maximum absolute atomic E-state index is 13.3. The molecule has 1 saturated heterocycles. The number of nitrogens with zero attached hydrogens (tertiary/aromatic N) is 4. The third-order valence-electron chi connectivity index (χ3n) is 6.35. The van der Waals surface area contributed by atoms with Crippen LogP contribution in [0.4, 0.5) is 0 Å². The average molecular weight is 410 g/mol. The van der Waals surface area contributed by atoms with Crippen LogP contribution in [0.15, 0.2) is 23.0 Å². The number of aromatic nitrogens is 5. The van der Waals surface area contributed by atoms with Gasteiger partial charge in [0.15, 0.2) is 6.04 Å². The molecule has 4 rings (SSSR count). The highest BCUT2D eigenvalue weighted by atomic mass is 16.1. The van der Waals surface area contributed by atoms with Crippen LogP contribution in [0.3, 0.4) is 0 Å². The molecule has 1 aliphatic rings. The molecule has 2 aromatic heterocycles. The number of fused-ring (bicyclic) bond motifs is 1. The van der Waals surface area contributed by atoms with Gasteiger partial charge in [-0.2, -0.15) is 0 Å². The summed E-state index contributed by atoms with van der Waals surface area (Å²) in [4.78, 5) is 17.8. The summed E-state index contributed by atoms with van der Waals surface area (Å²) in [6.07, 6.45) is 2.29. The summed E-state index contributed by atoms with van der Waals surface area (Å²) in [5, 5.41) is 13.8. The van der Waals surface area contributed by atoms with Gasteiger partial charge in [-0.05, 0) is 86.9 Å². The number of nitrogens with one attached hydrogen (secondary N) is 2. The van der Waals surface area contributed by atoms with Crippen molar-refractivity contribution in [3.63, 3.8) is 0 Å². The van der Waals surface area contributed by atoms with Gasteiger partial charge in [0.05, 0.1) is 29.7 Å². The Hall–Kier alpha value is -2.54. The van der Waals surface area contributed by atoms with Gasteiger partial charge >= 0.3 is 0 Å². The summed E-state index contributed by atoms with van der Waals surface area (Å²) >= 11 is 0. The van der Waals surface area contributed by atoms with E-state index < -0.39 is 0 Å². The molecule has 0 saturated carbocycles. The van der Waals surface area contributed by atoms with E-state index in [-0.39, 0.29) is 17.1 Å². The number of pyridine rings is 1. The van der Waals surface area contributed by atoms with E-state index in [1.54, 1.807) is 0 Å². The standard InChI is InChI=1S/C23H32N6O/c1-14-7-9-28(10-8-14)20(21-25-26-27-29(21)23(4,5)6)18-13-17-12-15(2)11-16(3)19(17)24-22(18)30/h11-14,20H,7-10H2,1-6H3,(H,24,30)/p+1/t20-/m0/s1. The average Bonchev–Trinajstić information content (AvgIpc) is 3.14. The highest BCUT2D eigenvalue weighted by Gasteiger charge is 2.37. The lowest BCUT2D eigenvalue weighted by Crippen LogP contribution is -3.13. The van der Waals surface area contributed by atoms with Gasteiger partial charge in [-0.25, -0.2) is 4.68 Å². The van der Waals surface area contributed by atoms with Gasteiger partial charge in [-0.3, -0.25) is 4.79 Å². The van der Waals surface area contributed by atoms with Crippen LogP contribution >= 0.6 is 0 Å². The van der Waals surface area contributed by atoms with Crippen LogP contribution in [-0.2, 0) is 5.54 Å². The molecule has 2 N–H and O–H groups in total. The molecule has 1 aliphatic heterocycles. The highest BCUT2D eigenvalue weighted by Crippen LogP contribution is 2.25. The second kappa shape index (κ2) is 7.61. The predicted molar refractivity (Wildman–Crippen MR) is 118 cm³/mol. The number of H-pyrrole nitrogens is 1. The van der Waals surface area contributed by atoms with Crippen LogP contribution in [-0.4, -0.2) is 38.3 Å². The van der Waals surface area contributed by atoms with Gasteiger partial charge in [-0.1, -0.05) is 18.6 Å².